The number of alkyl halides is 1. The second kappa shape index (κ2) is 4.58. The lowest BCUT2D eigenvalue weighted by Gasteiger charge is -2.12. The summed E-state index contributed by atoms with van der Waals surface area (Å²) in [5, 5.41) is 3.02. The summed E-state index contributed by atoms with van der Waals surface area (Å²) in [5.41, 5.74) is 2.06. The Hall–Kier alpha value is -0.830. The van der Waals surface area contributed by atoms with Gasteiger partial charge >= 0.3 is 0 Å². The molecule has 1 saturated carbocycles. The van der Waals surface area contributed by atoms with Crippen molar-refractivity contribution in [1.82, 2.24) is 0 Å². The summed E-state index contributed by atoms with van der Waals surface area (Å²) in [7, 11) is 0. The van der Waals surface area contributed by atoms with Crippen LogP contribution >= 0.6 is 15.9 Å². The average molecular weight is 282 g/mol. The molecular formula is C13H16BrNO. The molecule has 1 aliphatic carbocycles. The van der Waals surface area contributed by atoms with Gasteiger partial charge in [-0.15, -0.1) is 0 Å². The molecule has 1 amide bonds. The van der Waals surface area contributed by atoms with Crippen LogP contribution in [0, 0.1) is 11.8 Å². The van der Waals surface area contributed by atoms with Crippen molar-refractivity contribution < 1.29 is 4.79 Å². The summed E-state index contributed by atoms with van der Waals surface area (Å²) >= 11 is 3.54. The number of nitrogens with one attached hydrogen (secondary N) is 1. The van der Waals surface area contributed by atoms with Gasteiger partial charge in [-0.1, -0.05) is 41.1 Å². The van der Waals surface area contributed by atoms with E-state index in [0.29, 0.717) is 5.92 Å². The van der Waals surface area contributed by atoms with Crippen molar-refractivity contribution in [1.29, 1.82) is 0 Å². The predicted molar refractivity (Wildman–Crippen MR) is 69.7 cm³/mol. The molecule has 0 spiro atoms. The second-order valence-electron chi connectivity index (χ2n) is 4.51. The van der Waals surface area contributed by atoms with Crippen molar-refractivity contribution in [2.45, 2.75) is 25.1 Å². The van der Waals surface area contributed by atoms with E-state index in [1.54, 1.807) is 0 Å². The van der Waals surface area contributed by atoms with Crippen LogP contribution in [0.5, 0.6) is 0 Å². The molecule has 1 aliphatic rings. The Labute approximate surface area is 105 Å². The standard InChI is InChI=1S/C13H16BrNO/c1-8-7-11(8)13(16)15-12-6-4-3-5-10(12)9(2)14/h3-6,8-9,11H,7H2,1-2H3,(H,15,16). The molecule has 2 nitrogen and oxygen atoms in total. The van der Waals surface area contributed by atoms with Gasteiger partial charge in [0.2, 0.25) is 5.91 Å². The largest absolute Gasteiger partial charge is 0.326 e. The number of halogens is 1. The molecule has 0 aliphatic heterocycles. The molecule has 3 atom stereocenters. The monoisotopic (exact) mass is 281 g/mol. The Morgan fingerprint density at radius 2 is 2.12 bits per heavy atom. The molecule has 86 valence electrons. The van der Waals surface area contributed by atoms with Crippen molar-refractivity contribution in [3.63, 3.8) is 0 Å². The van der Waals surface area contributed by atoms with Crippen LogP contribution in [0.25, 0.3) is 0 Å². The van der Waals surface area contributed by atoms with Crippen LogP contribution in [0.4, 0.5) is 5.69 Å². The minimum atomic E-state index is 0.160. The van der Waals surface area contributed by atoms with Crippen LogP contribution < -0.4 is 5.32 Å². The number of benzene rings is 1. The van der Waals surface area contributed by atoms with Gasteiger partial charge in [0.05, 0.1) is 0 Å². The Bertz CT molecular complexity index is 403. The van der Waals surface area contributed by atoms with E-state index in [4.69, 9.17) is 0 Å². The Morgan fingerprint density at radius 1 is 1.50 bits per heavy atom. The Morgan fingerprint density at radius 3 is 2.69 bits per heavy atom. The van der Waals surface area contributed by atoms with E-state index in [-0.39, 0.29) is 16.7 Å². The normalized spacial score (nSPS) is 24.9. The van der Waals surface area contributed by atoms with Gasteiger partial charge in [0, 0.05) is 16.4 Å². The maximum Gasteiger partial charge on any atom is 0.227 e. The van der Waals surface area contributed by atoms with E-state index in [0.717, 1.165) is 17.7 Å². The fraction of sp³-hybridized carbons (Fsp3) is 0.462. The third-order valence-electron chi connectivity index (χ3n) is 3.09. The third-order valence-corrected chi connectivity index (χ3v) is 3.59. The van der Waals surface area contributed by atoms with Crippen LogP contribution in [0.1, 0.15) is 30.7 Å². The van der Waals surface area contributed by atoms with Gasteiger partial charge in [-0.25, -0.2) is 0 Å². The number of para-hydroxylation sites is 1. The lowest BCUT2D eigenvalue weighted by molar-refractivity contribution is -0.117. The summed E-state index contributed by atoms with van der Waals surface area (Å²) in [4.78, 5) is 12.1. The minimum absolute atomic E-state index is 0.160. The molecule has 1 N–H and O–H groups in total. The zero-order valence-electron chi connectivity index (χ0n) is 9.53. The highest BCUT2D eigenvalue weighted by Gasteiger charge is 2.39. The number of anilines is 1. The van der Waals surface area contributed by atoms with E-state index in [9.17, 15) is 4.79 Å². The fourth-order valence-corrected chi connectivity index (χ4v) is 2.27. The van der Waals surface area contributed by atoms with Crippen LogP contribution in [-0.4, -0.2) is 5.91 Å². The van der Waals surface area contributed by atoms with Crippen molar-refractivity contribution in [2.24, 2.45) is 11.8 Å². The smallest absolute Gasteiger partial charge is 0.227 e. The zero-order chi connectivity index (χ0) is 11.7. The number of rotatable bonds is 3. The molecule has 3 heteroatoms. The lowest BCUT2D eigenvalue weighted by Crippen LogP contribution is -2.15. The first-order valence-electron chi connectivity index (χ1n) is 5.63. The molecule has 0 heterocycles. The summed E-state index contributed by atoms with van der Waals surface area (Å²) < 4.78 is 0. The molecule has 0 bridgehead atoms. The highest BCUT2D eigenvalue weighted by atomic mass is 79.9. The molecule has 16 heavy (non-hydrogen) atoms. The SMILES string of the molecule is CC(Br)c1ccccc1NC(=O)C1CC1C. The molecule has 0 aromatic heterocycles. The maximum absolute atomic E-state index is 11.8. The first-order chi connectivity index (χ1) is 7.59. The number of carbonyl (C=O) groups excluding carboxylic acids is 1. The maximum atomic E-state index is 11.8. The number of hydrogen-bond donors (Lipinski definition) is 1. The van der Waals surface area contributed by atoms with Gasteiger partial charge in [0.1, 0.15) is 0 Å². The van der Waals surface area contributed by atoms with Crippen LogP contribution in [0.3, 0.4) is 0 Å². The number of carbonyl (C=O) groups is 1. The molecule has 2 rings (SSSR count). The summed E-state index contributed by atoms with van der Waals surface area (Å²) in [6, 6.07) is 7.93. The molecule has 0 saturated heterocycles. The Kier molecular flexibility index (Phi) is 3.33. The molecule has 3 unspecified atom stereocenters. The first kappa shape index (κ1) is 11.6. The van der Waals surface area contributed by atoms with E-state index in [1.165, 1.54) is 0 Å². The van der Waals surface area contributed by atoms with Gasteiger partial charge in [-0.3, -0.25) is 4.79 Å². The molecule has 1 fully saturated rings. The van der Waals surface area contributed by atoms with E-state index in [1.807, 2.05) is 24.3 Å². The number of amides is 1. The summed E-state index contributed by atoms with van der Waals surface area (Å²) in [6.07, 6.45) is 1.03. The summed E-state index contributed by atoms with van der Waals surface area (Å²) in [5.74, 6) is 0.931. The highest BCUT2D eigenvalue weighted by molar-refractivity contribution is 9.09. The van der Waals surface area contributed by atoms with Crippen molar-refractivity contribution in [2.75, 3.05) is 5.32 Å². The molecule has 0 radical (unpaired) electrons. The highest BCUT2D eigenvalue weighted by Crippen LogP contribution is 2.39. The van der Waals surface area contributed by atoms with Crippen LogP contribution in [0.2, 0.25) is 0 Å². The van der Waals surface area contributed by atoms with E-state index >= 15 is 0 Å². The van der Waals surface area contributed by atoms with Gasteiger partial charge in [-0.05, 0) is 30.9 Å². The van der Waals surface area contributed by atoms with Crippen LogP contribution in [0.15, 0.2) is 24.3 Å². The first-order valence-corrected chi connectivity index (χ1v) is 6.55. The van der Waals surface area contributed by atoms with Crippen molar-refractivity contribution in [3.05, 3.63) is 29.8 Å². The van der Waals surface area contributed by atoms with Gasteiger partial charge < -0.3 is 5.32 Å². The minimum Gasteiger partial charge on any atom is -0.326 e. The summed E-state index contributed by atoms with van der Waals surface area (Å²) in [6.45, 7) is 4.17. The third kappa shape index (κ3) is 2.46. The van der Waals surface area contributed by atoms with Crippen molar-refractivity contribution in [3.8, 4) is 0 Å². The molecular weight excluding hydrogens is 266 g/mol. The van der Waals surface area contributed by atoms with Gasteiger partial charge in [0.25, 0.3) is 0 Å². The van der Waals surface area contributed by atoms with Crippen LogP contribution in [-0.2, 0) is 4.79 Å². The Balaban J connectivity index is 2.11. The topological polar surface area (TPSA) is 29.1 Å². The van der Waals surface area contributed by atoms with Gasteiger partial charge in [0.15, 0.2) is 0 Å². The van der Waals surface area contributed by atoms with Gasteiger partial charge in [-0.2, -0.15) is 0 Å². The predicted octanol–water partition coefficient (Wildman–Crippen LogP) is 3.74. The van der Waals surface area contributed by atoms with Crippen molar-refractivity contribution >= 4 is 27.5 Å². The zero-order valence-corrected chi connectivity index (χ0v) is 11.1. The van der Waals surface area contributed by atoms with E-state index in [2.05, 4.69) is 35.1 Å². The number of hydrogen-bond acceptors (Lipinski definition) is 1. The lowest BCUT2D eigenvalue weighted by atomic mass is 10.1. The average Bonchev–Trinajstić information content (AvgIpc) is 2.96. The molecule has 1 aromatic rings. The second-order valence-corrected chi connectivity index (χ2v) is 5.89. The van der Waals surface area contributed by atoms with E-state index < -0.39 is 0 Å². The molecule has 1 aromatic carbocycles. The quantitative estimate of drug-likeness (QED) is 0.841. The fourth-order valence-electron chi connectivity index (χ4n) is 1.87.